The molecule has 1 aliphatic rings. The van der Waals surface area contributed by atoms with Crippen molar-refractivity contribution in [1.82, 2.24) is 0 Å². The Morgan fingerprint density at radius 2 is 2.17 bits per heavy atom. The zero-order valence-electron chi connectivity index (χ0n) is 6.56. The molecule has 0 spiro atoms. The van der Waals surface area contributed by atoms with Crippen molar-refractivity contribution in [3.63, 3.8) is 0 Å². The van der Waals surface area contributed by atoms with Crippen LogP contribution in [0.15, 0.2) is 0 Å². The van der Waals surface area contributed by atoms with Crippen molar-refractivity contribution in [2.45, 2.75) is 31.7 Å². The molecule has 0 aromatic heterocycles. The Morgan fingerprint density at radius 3 is 2.50 bits per heavy atom. The Morgan fingerprint density at radius 1 is 1.58 bits per heavy atom. The molecule has 68 valence electrons. The summed E-state index contributed by atoms with van der Waals surface area (Å²) in [7, 11) is 0. The number of esters is 1. The monoisotopic (exact) mass is 174 g/mol. The highest BCUT2D eigenvalue weighted by molar-refractivity contribution is 6.37. The van der Waals surface area contributed by atoms with Crippen LogP contribution in [-0.2, 0) is 14.3 Å². The number of cyclic esters (lactones) is 1. The van der Waals surface area contributed by atoms with Crippen molar-refractivity contribution in [3.05, 3.63) is 0 Å². The molecule has 1 rings (SSSR count). The zero-order valence-corrected chi connectivity index (χ0v) is 6.56. The number of ketones is 1. The molecule has 1 aliphatic heterocycles. The molecule has 5 heteroatoms. The van der Waals surface area contributed by atoms with Crippen LogP contribution in [0.5, 0.6) is 0 Å². The number of Topliss-reactive ketones (excluding diaryl/α,β-unsaturated/α-hetero) is 1. The van der Waals surface area contributed by atoms with Crippen LogP contribution < -0.4 is 0 Å². The molecule has 5 nitrogen and oxygen atoms in total. The maximum absolute atomic E-state index is 10.7. The summed E-state index contributed by atoms with van der Waals surface area (Å²) in [5.41, 5.74) is 0. The van der Waals surface area contributed by atoms with E-state index in [4.69, 9.17) is 5.11 Å². The normalized spacial score (nSPS) is 31.9. The fourth-order valence-electron chi connectivity index (χ4n) is 1.04. The van der Waals surface area contributed by atoms with E-state index in [1.54, 1.807) is 6.92 Å². The van der Waals surface area contributed by atoms with Crippen LogP contribution in [-0.4, -0.2) is 40.3 Å². The first-order chi connectivity index (χ1) is 5.57. The van der Waals surface area contributed by atoms with Crippen molar-refractivity contribution in [1.29, 1.82) is 0 Å². The molecule has 0 bridgehead atoms. The lowest BCUT2D eigenvalue weighted by Crippen LogP contribution is -2.36. The molecule has 1 fully saturated rings. The molecule has 0 saturated carbocycles. The molecule has 1 saturated heterocycles. The van der Waals surface area contributed by atoms with Gasteiger partial charge in [-0.3, -0.25) is 4.79 Å². The van der Waals surface area contributed by atoms with Crippen molar-refractivity contribution in [3.8, 4) is 0 Å². The molecule has 0 aliphatic carbocycles. The van der Waals surface area contributed by atoms with E-state index in [9.17, 15) is 14.7 Å². The number of aliphatic hydroxyl groups excluding tert-OH is 2. The van der Waals surface area contributed by atoms with E-state index in [2.05, 4.69) is 4.74 Å². The summed E-state index contributed by atoms with van der Waals surface area (Å²) < 4.78 is 4.45. The first kappa shape index (κ1) is 9.15. The van der Waals surface area contributed by atoms with Crippen LogP contribution in [0.1, 0.15) is 13.3 Å². The van der Waals surface area contributed by atoms with E-state index in [1.807, 2.05) is 0 Å². The summed E-state index contributed by atoms with van der Waals surface area (Å²) in [4.78, 5) is 21.3. The van der Waals surface area contributed by atoms with Crippen LogP contribution in [0.25, 0.3) is 0 Å². The van der Waals surface area contributed by atoms with Gasteiger partial charge in [0.2, 0.25) is 0 Å². The number of aliphatic hydroxyl groups is 2. The summed E-state index contributed by atoms with van der Waals surface area (Å²) in [6.07, 6.45) is -3.25. The molecule has 0 amide bonds. The minimum absolute atomic E-state index is 0.322. The number of ether oxygens (including phenoxy) is 1. The average Bonchev–Trinajstić information content (AvgIpc) is 2.32. The van der Waals surface area contributed by atoms with Crippen LogP contribution in [0.2, 0.25) is 0 Å². The van der Waals surface area contributed by atoms with Crippen molar-refractivity contribution in [2.75, 3.05) is 0 Å². The molecule has 0 aromatic carbocycles. The van der Waals surface area contributed by atoms with Crippen LogP contribution in [0, 0.1) is 0 Å². The predicted octanol–water partition coefficient (Wildman–Crippen LogP) is -1.39. The fraction of sp³-hybridized carbons (Fsp3) is 0.714. The molecular weight excluding hydrogens is 164 g/mol. The highest BCUT2D eigenvalue weighted by Crippen LogP contribution is 2.16. The van der Waals surface area contributed by atoms with Gasteiger partial charge in [-0.2, -0.15) is 0 Å². The van der Waals surface area contributed by atoms with Crippen molar-refractivity contribution < 1.29 is 24.5 Å². The molecule has 0 aromatic rings. The second-order valence-corrected chi connectivity index (χ2v) is 2.65. The lowest BCUT2D eigenvalue weighted by atomic mass is 10.1. The standard InChI is InChI=1S/C7H10O5/c1-2-3(8)6-4(9)5(10)7(11)12-6/h3-4,6,8-9H,2H2,1H3. The lowest BCUT2D eigenvalue weighted by molar-refractivity contribution is -0.151. The molecule has 0 radical (unpaired) electrons. The van der Waals surface area contributed by atoms with Gasteiger partial charge in [0, 0.05) is 0 Å². The third-order valence-corrected chi connectivity index (χ3v) is 1.82. The summed E-state index contributed by atoms with van der Waals surface area (Å²) in [6.45, 7) is 1.66. The quantitative estimate of drug-likeness (QED) is 0.398. The minimum atomic E-state index is -1.51. The molecule has 3 atom stereocenters. The van der Waals surface area contributed by atoms with Gasteiger partial charge in [0.25, 0.3) is 5.78 Å². The number of carbonyl (C=O) groups excluding carboxylic acids is 2. The first-order valence-corrected chi connectivity index (χ1v) is 3.69. The number of rotatable bonds is 2. The summed E-state index contributed by atoms with van der Waals surface area (Å²) in [5.74, 6) is -2.05. The third-order valence-electron chi connectivity index (χ3n) is 1.82. The highest BCUT2D eigenvalue weighted by atomic mass is 16.6. The SMILES string of the molecule is CCC(O)C1OC(=O)C(=O)C1O. The van der Waals surface area contributed by atoms with E-state index in [0.29, 0.717) is 6.42 Å². The maximum Gasteiger partial charge on any atom is 0.378 e. The van der Waals surface area contributed by atoms with Crippen LogP contribution in [0.3, 0.4) is 0 Å². The second-order valence-electron chi connectivity index (χ2n) is 2.65. The van der Waals surface area contributed by atoms with E-state index in [0.717, 1.165) is 0 Å². The molecule has 3 unspecified atom stereocenters. The fourth-order valence-corrected chi connectivity index (χ4v) is 1.04. The number of carbonyl (C=O) groups is 2. The Kier molecular flexibility index (Phi) is 2.44. The summed E-state index contributed by atoms with van der Waals surface area (Å²) in [6, 6.07) is 0. The number of hydrogen-bond donors (Lipinski definition) is 2. The smallest absolute Gasteiger partial charge is 0.378 e. The van der Waals surface area contributed by atoms with Gasteiger partial charge in [-0.15, -0.1) is 0 Å². The Balaban J connectivity index is 2.70. The van der Waals surface area contributed by atoms with Gasteiger partial charge in [0.05, 0.1) is 6.10 Å². The van der Waals surface area contributed by atoms with E-state index >= 15 is 0 Å². The third kappa shape index (κ3) is 1.33. The maximum atomic E-state index is 10.7. The Hall–Kier alpha value is -0.940. The van der Waals surface area contributed by atoms with E-state index in [1.165, 1.54) is 0 Å². The van der Waals surface area contributed by atoms with Gasteiger partial charge < -0.3 is 14.9 Å². The Labute approximate surface area is 68.9 Å². The van der Waals surface area contributed by atoms with Gasteiger partial charge in [-0.1, -0.05) is 6.92 Å². The van der Waals surface area contributed by atoms with Gasteiger partial charge in [-0.25, -0.2) is 4.79 Å². The summed E-state index contributed by atoms with van der Waals surface area (Å²) >= 11 is 0. The molecule has 1 heterocycles. The molecule has 2 N–H and O–H groups in total. The summed E-state index contributed by atoms with van der Waals surface area (Å²) in [5, 5.41) is 18.2. The lowest BCUT2D eigenvalue weighted by Gasteiger charge is -2.16. The van der Waals surface area contributed by atoms with Gasteiger partial charge in [0.1, 0.15) is 0 Å². The van der Waals surface area contributed by atoms with Crippen LogP contribution >= 0.6 is 0 Å². The van der Waals surface area contributed by atoms with Crippen molar-refractivity contribution in [2.24, 2.45) is 0 Å². The van der Waals surface area contributed by atoms with E-state index in [-0.39, 0.29) is 0 Å². The van der Waals surface area contributed by atoms with E-state index < -0.39 is 30.1 Å². The topological polar surface area (TPSA) is 83.8 Å². The van der Waals surface area contributed by atoms with Gasteiger partial charge in [-0.05, 0) is 6.42 Å². The number of hydrogen-bond acceptors (Lipinski definition) is 5. The average molecular weight is 174 g/mol. The second kappa shape index (κ2) is 3.20. The van der Waals surface area contributed by atoms with Gasteiger partial charge in [0.15, 0.2) is 12.2 Å². The van der Waals surface area contributed by atoms with Gasteiger partial charge >= 0.3 is 5.97 Å². The predicted molar refractivity (Wildman–Crippen MR) is 37.2 cm³/mol. The minimum Gasteiger partial charge on any atom is -0.451 e. The Bertz CT molecular complexity index is 212. The molecular formula is C7H10O5. The first-order valence-electron chi connectivity index (χ1n) is 3.69. The van der Waals surface area contributed by atoms with Crippen LogP contribution in [0.4, 0.5) is 0 Å². The van der Waals surface area contributed by atoms with Crippen molar-refractivity contribution >= 4 is 11.8 Å². The largest absolute Gasteiger partial charge is 0.451 e. The zero-order chi connectivity index (χ0) is 9.30. The highest BCUT2D eigenvalue weighted by Gasteiger charge is 2.45. The molecule has 12 heavy (non-hydrogen) atoms.